The lowest BCUT2D eigenvalue weighted by molar-refractivity contribution is 0.0754. The molecule has 3 aromatic heterocycles. The van der Waals surface area contributed by atoms with Crippen LogP contribution in [0.25, 0.3) is 15.6 Å². The third kappa shape index (κ3) is 3.10. The summed E-state index contributed by atoms with van der Waals surface area (Å²) in [7, 11) is 0. The Labute approximate surface area is 175 Å². The summed E-state index contributed by atoms with van der Waals surface area (Å²) < 4.78 is 3.53. The number of nitrogens with zero attached hydrogens (tertiary/aromatic N) is 2. The van der Waals surface area contributed by atoms with Gasteiger partial charge in [0.25, 0.3) is 0 Å². The van der Waals surface area contributed by atoms with Gasteiger partial charge in [0.2, 0.25) is 0 Å². The maximum absolute atomic E-state index is 11.4. The predicted molar refractivity (Wildman–Crippen MR) is 119 cm³/mol. The Morgan fingerprint density at radius 3 is 2.62 bits per heavy atom. The number of hydrogen-bond acceptors (Lipinski definition) is 3. The summed E-state index contributed by atoms with van der Waals surface area (Å²) in [6.45, 7) is 0. The molecule has 0 unspecified atom stereocenters. The van der Waals surface area contributed by atoms with E-state index in [2.05, 4.69) is 51.2 Å². The summed E-state index contributed by atoms with van der Waals surface area (Å²) in [6, 6.07) is 13.5. The van der Waals surface area contributed by atoms with Crippen molar-refractivity contribution in [3.8, 4) is 0 Å². The van der Waals surface area contributed by atoms with Gasteiger partial charge in [0.15, 0.2) is 0 Å². The van der Waals surface area contributed by atoms with E-state index >= 15 is 0 Å². The quantitative estimate of drug-likeness (QED) is 0.427. The Bertz CT molecular complexity index is 1160. The molecule has 2 saturated carbocycles. The molecule has 0 radical (unpaired) electrons. The SMILES string of the molecule is O[C@H](c1c(C2CC2)ccc2cncn12)C1CCC(c2ccc3ccsc3c2)CC1. The molecule has 148 valence electrons. The van der Waals surface area contributed by atoms with Crippen LogP contribution in [0.15, 0.2) is 54.3 Å². The Morgan fingerprint density at radius 2 is 1.79 bits per heavy atom. The van der Waals surface area contributed by atoms with E-state index in [9.17, 15) is 5.11 Å². The summed E-state index contributed by atoms with van der Waals surface area (Å²) in [4.78, 5) is 4.34. The monoisotopic (exact) mass is 402 g/mol. The molecule has 0 aliphatic heterocycles. The molecular formula is C25H26N2OS. The van der Waals surface area contributed by atoms with Crippen LogP contribution >= 0.6 is 11.3 Å². The van der Waals surface area contributed by atoms with Gasteiger partial charge in [-0.2, -0.15) is 0 Å². The number of benzene rings is 1. The predicted octanol–water partition coefficient (Wildman–Crippen LogP) is 6.43. The van der Waals surface area contributed by atoms with Crippen molar-refractivity contribution in [2.24, 2.45) is 5.92 Å². The first kappa shape index (κ1) is 17.7. The van der Waals surface area contributed by atoms with E-state index in [1.54, 1.807) is 0 Å². The fraction of sp³-hybridized carbons (Fsp3) is 0.400. The first-order chi connectivity index (χ1) is 14.3. The molecule has 2 aliphatic rings. The second-order valence-corrected chi connectivity index (χ2v) is 9.86. The molecule has 4 heteroatoms. The number of aliphatic hydroxyl groups excluding tert-OH is 1. The lowest BCUT2D eigenvalue weighted by Crippen LogP contribution is -2.22. The highest BCUT2D eigenvalue weighted by molar-refractivity contribution is 7.17. The second kappa shape index (κ2) is 6.96. The van der Waals surface area contributed by atoms with E-state index in [1.807, 2.05) is 23.9 Å². The van der Waals surface area contributed by atoms with Crippen LogP contribution in [-0.4, -0.2) is 14.5 Å². The zero-order valence-electron chi connectivity index (χ0n) is 16.5. The smallest absolute Gasteiger partial charge is 0.0995 e. The number of thiophene rings is 1. The first-order valence-corrected chi connectivity index (χ1v) is 11.8. The third-order valence-corrected chi connectivity index (χ3v) is 8.00. The number of aromatic nitrogens is 2. The molecule has 29 heavy (non-hydrogen) atoms. The van der Waals surface area contributed by atoms with Crippen LogP contribution in [0.4, 0.5) is 0 Å². The van der Waals surface area contributed by atoms with Crippen molar-refractivity contribution >= 4 is 26.9 Å². The Balaban J connectivity index is 1.24. The maximum atomic E-state index is 11.4. The van der Waals surface area contributed by atoms with Crippen molar-refractivity contribution in [1.82, 2.24) is 9.38 Å². The third-order valence-electron chi connectivity index (χ3n) is 7.12. The molecule has 3 nitrogen and oxygen atoms in total. The van der Waals surface area contributed by atoms with Crippen molar-refractivity contribution in [3.63, 3.8) is 0 Å². The number of imidazole rings is 1. The van der Waals surface area contributed by atoms with Crippen molar-refractivity contribution in [2.45, 2.75) is 56.5 Å². The zero-order chi connectivity index (χ0) is 19.4. The lowest BCUT2D eigenvalue weighted by Gasteiger charge is -2.33. The van der Waals surface area contributed by atoms with Crippen LogP contribution < -0.4 is 0 Å². The topological polar surface area (TPSA) is 37.5 Å². The molecule has 1 N–H and O–H groups in total. The Kier molecular flexibility index (Phi) is 4.24. The molecule has 0 amide bonds. The van der Waals surface area contributed by atoms with E-state index in [0.717, 1.165) is 36.9 Å². The molecular weight excluding hydrogens is 376 g/mol. The van der Waals surface area contributed by atoms with Crippen molar-refractivity contribution < 1.29 is 5.11 Å². The van der Waals surface area contributed by atoms with Crippen LogP contribution in [-0.2, 0) is 0 Å². The van der Waals surface area contributed by atoms with Crippen LogP contribution in [0.5, 0.6) is 0 Å². The number of aliphatic hydroxyl groups is 1. The summed E-state index contributed by atoms with van der Waals surface area (Å²) >= 11 is 1.83. The average Bonchev–Trinajstić information content (AvgIpc) is 3.30. The van der Waals surface area contributed by atoms with Gasteiger partial charge in [0.05, 0.1) is 29.8 Å². The van der Waals surface area contributed by atoms with Gasteiger partial charge in [-0.25, -0.2) is 4.98 Å². The summed E-state index contributed by atoms with van der Waals surface area (Å²) in [5.74, 6) is 1.58. The van der Waals surface area contributed by atoms with E-state index in [0.29, 0.717) is 17.8 Å². The normalized spacial score (nSPS) is 23.6. The van der Waals surface area contributed by atoms with Gasteiger partial charge in [0.1, 0.15) is 0 Å². The second-order valence-electron chi connectivity index (χ2n) is 8.91. The molecule has 0 spiro atoms. The summed E-state index contributed by atoms with van der Waals surface area (Å²) in [5.41, 5.74) is 5.00. The Hall–Kier alpha value is -2.17. The minimum atomic E-state index is -0.399. The molecule has 6 rings (SSSR count). The van der Waals surface area contributed by atoms with Crippen LogP contribution in [0.1, 0.15) is 73.3 Å². The molecule has 0 bridgehead atoms. The minimum absolute atomic E-state index is 0.335. The number of hydrogen-bond donors (Lipinski definition) is 1. The van der Waals surface area contributed by atoms with Gasteiger partial charge >= 0.3 is 0 Å². The van der Waals surface area contributed by atoms with Gasteiger partial charge in [0, 0.05) is 4.70 Å². The fourth-order valence-corrected chi connectivity index (χ4v) is 6.14. The summed E-state index contributed by atoms with van der Waals surface area (Å²) in [5, 5.41) is 15.0. The number of pyridine rings is 1. The highest BCUT2D eigenvalue weighted by atomic mass is 32.1. The average molecular weight is 403 g/mol. The van der Waals surface area contributed by atoms with Gasteiger partial charge in [-0.05, 0) is 96.4 Å². The largest absolute Gasteiger partial charge is 0.387 e. The van der Waals surface area contributed by atoms with Gasteiger partial charge in [-0.1, -0.05) is 18.2 Å². The van der Waals surface area contributed by atoms with Gasteiger partial charge in [-0.15, -0.1) is 11.3 Å². The molecule has 1 aromatic carbocycles. The number of fused-ring (bicyclic) bond motifs is 2. The van der Waals surface area contributed by atoms with E-state index in [1.165, 1.54) is 34.1 Å². The fourth-order valence-electron chi connectivity index (χ4n) is 5.30. The van der Waals surface area contributed by atoms with E-state index < -0.39 is 6.10 Å². The van der Waals surface area contributed by atoms with Crippen molar-refractivity contribution in [3.05, 3.63) is 71.1 Å². The van der Waals surface area contributed by atoms with Gasteiger partial charge < -0.3 is 9.51 Å². The van der Waals surface area contributed by atoms with Crippen LogP contribution in [0, 0.1) is 5.92 Å². The number of rotatable bonds is 4. The molecule has 1 atom stereocenters. The van der Waals surface area contributed by atoms with Gasteiger partial charge in [-0.3, -0.25) is 0 Å². The lowest BCUT2D eigenvalue weighted by atomic mass is 9.75. The molecule has 3 heterocycles. The molecule has 2 fully saturated rings. The summed E-state index contributed by atoms with van der Waals surface area (Å²) in [6.07, 6.45) is 10.4. The maximum Gasteiger partial charge on any atom is 0.0995 e. The van der Waals surface area contributed by atoms with Crippen LogP contribution in [0.3, 0.4) is 0 Å². The van der Waals surface area contributed by atoms with E-state index in [4.69, 9.17) is 0 Å². The minimum Gasteiger partial charge on any atom is -0.387 e. The molecule has 0 saturated heterocycles. The molecule has 4 aromatic rings. The standard InChI is InChI=1S/C25H26N2OS/c28-25(24-22(17-3-4-17)10-9-21-14-26-15-27(21)24)19-6-1-16(2-7-19)20-8-5-18-11-12-29-23(18)13-20/h5,8-17,19,25,28H,1-4,6-7H2/t16?,19?,25-/m0/s1. The molecule has 2 aliphatic carbocycles. The van der Waals surface area contributed by atoms with E-state index in [-0.39, 0.29) is 0 Å². The van der Waals surface area contributed by atoms with Crippen molar-refractivity contribution in [2.75, 3.05) is 0 Å². The Morgan fingerprint density at radius 1 is 0.966 bits per heavy atom. The van der Waals surface area contributed by atoms with Crippen molar-refractivity contribution in [1.29, 1.82) is 0 Å². The first-order valence-electron chi connectivity index (χ1n) is 10.9. The highest BCUT2D eigenvalue weighted by Crippen LogP contribution is 2.47. The zero-order valence-corrected chi connectivity index (χ0v) is 17.3. The van der Waals surface area contributed by atoms with Crippen LogP contribution in [0.2, 0.25) is 0 Å². The highest BCUT2D eigenvalue weighted by Gasteiger charge is 2.34.